The molecule has 0 unspecified atom stereocenters. The monoisotopic (exact) mass is 240 g/mol. The van der Waals surface area contributed by atoms with Gasteiger partial charge in [0.05, 0.1) is 0 Å². The van der Waals surface area contributed by atoms with Gasteiger partial charge in [0.2, 0.25) is 0 Å². The Labute approximate surface area is 81.9 Å². The van der Waals surface area contributed by atoms with E-state index in [1.165, 1.54) is 0 Å². The standard InChI is InChI=1S/C10H14GeO2/c1-3-11(4-2)12-9-7-5-6-8-10(9)13-11/h5-8H,3-4H2,1-2H3. The molecule has 0 saturated heterocycles. The van der Waals surface area contributed by atoms with Crippen molar-refractivity contribution in [2.24, 2.45) is 0 Å². The van der Waals surface area contributed by atoms with Crippen molar-refractivity contribution in [3.05, 3.63) is 24.3 Å². The molecule has 1 aliphatic heterocycles. The van der Waals surface area contributed by atoms with Crippen LogP contribution in [0.2, 0.25) is 10.5 Å². The van der Waals surface area contributed by atoms with E-state index in [1.54, 1.807) is 0 Å². The summed E-state index contributed by atoms with van der Waals surface area (Å²) >= 11 is -2.40. The topological polar surface area (TPSA) is 18.5 Å². The minimum absolute atomic E-state index is 0.950. The van der Waals surface area contributed by atoms with E-state index in [9.17, 15) is 0 Å². The molecule has 2 rings (SSSR count). The van der Waals surface area contributed by atoms with Crippen molar-refractivity contribution in [2.45, 2.75) is 24.4 Å². The average molecular weight is 239 g/mol. The van der Waals surface area contributed by atoms with E-state index in [4.69, 9.17) is 7.53 Å². The Morgan fingerprint density at radius 2 is 1.46 bits per heavy atom. The first-order valence-corrected chi connectivity index (χ1v) is 9.45. The third-order valence-electron chi connectivity index (χ3n) is 2.52. The number of benzene rings is 1. The predicted octanol–water partition coefficient (Wildman–Crippen LogP) is 2.94. The van der Waals surface area contributed by atoms with Gasteiger partial charge in [-0.05, 0) is 0 Å². The molecule has 2 nitrogen and oxygen atoms in total. The summed E-state index contributed by atoms with van der Waals surface area (Å²) in [4.78, 5) is 0. The molecule has 0 N–H and O–H groups in total. The van der Waals surface area contributed by atoms with E-state index in [1.807, 2.05) is 24.3 Å². The molecule has 1 aromatic carbocycles. The molecule has 70 valence electrons. The summed E-state index contributed by atoms with van der Waals surface area (Å²) in [5, 5.41) is 2.12. The normalized spacial score (nSPS) is 17.4. The van der Waals surface area contributed by atoms with Crippen LogP contribution >= 0.6 is 0 Å². The zero-order chi connectivity index (χ0) is 9.31. The molecular weight excluding hydrogens is 225 g/mol. The van der Waals surface area contributed by atoms with Crippen molar-refractivity contribution in [1.82, 2.24) is 0 Å². The van der Waals surface area contributed by atoms with Gasteiger partial charge in [-0.2, -0.15) is 0 Å². The molecule has 0 radical (unpaired) electrons. The number of para-hydroxylation sites is 2. The summed E-state index contributed by atoms with van der Waals surface area (Å²) in [6.45, 7) is 4.32. The van der Waals surface area contributed by atoms with Crippen LogP contribution in [0.5, 0.6) is 11.5 Å². The second-order valence-corrected chi connectivity index (χ2v) is 10.9. The Morgan fingerprint density at radius 1 is 1.00 bits per heavy atom. The Hall–Kier alpha value is -0.637. The molecule has 1 aliphatic rings. The summed E-state index contributed by atoms with van der Waals surface area (Å²) in [5.41, 5.74) is 0. The van der Waals surface area contributed by atoms with Gasteiger partial charge in [0.15, 0.2) is 0 Å². The molecule has 0 fully saturated rings. The zero-order valence-corrected chi connectivity index (χ0v) is 10.1. The molecule has 0 amide bonds. The zero-order valence-electron chi connectivity index (χ0n) is 8.04. The van der Waals surface area contributed by atoms with Crippen LogP contribution in [0.15, 0.2) is 24.3 Å². The van der Waals surface area contributed by atoms with Gasteiger partial charge in [-0.3, -0.25) is 0 Å². The third-order valence-corrected chi connectivity index (χ3v) is 9.52. The van der Waals surface area contributed by atoms with Gasteiger partial charge in [-0.15, -0.1) is 0 Å². The average Bonchev–Trinajstić information content (AvgIpc) is 2.57. The van der Waals surface area contributed by atoms with E-state index in [-0.39, 0.29) is 0 Å². The first-order chi connectivity index (χ1) is 6.29. The first-order valence-electron chi connectivity index (χ1n) is 4.77. The molecule has 3 heteroatoms. The number of hydrogen-bond acceptors (Lipinski definition) is 2. The molecule has 0 aromatic heterocycles. The number of rotatable bonds is 2. The van der Waals surface area contributed by atoms with Gasteiger partial charge in [-0.25, -0.2) is 0 Å². The van der Waals surface area contributed by atoms with Crippen molar-refractivity contribution >= 4 is 13.9 Å². The van der Waals surface area contributed by atoms with Gasteiger partial charge in [0, 0.05) is 0 Å². The molecule has 0 spiro atoms. The first kappa shape index (κ1) is 8.94. The molecule has 13 heavy (non-hydrogen) atoms. The van der Waals surface area contributed by atoms with Crippen molar-refractivity contribution in [2.75, 3.05) is 0 Å². The fourth-order valence-electron chi connectivity index (χ4n) is 1.58. The molecular formula is C10H14GeO2. The van der Waals surface area contributed by atoms with Crippen molar-refractivity contribution in [1.29, 1.82) is 0 Å². The van der Waals surface area contributed by atoms with Gasteiger partial charge < -0.3 is 0 Å². The fraction of sp³-hybridized carbons (Fsp3) is 0.400. The molecule has 0 saturated carbocycles. The molecule has 0 atom stereocenters. The van der Waals surface area contributed by atoms with E-state index >= 15 is 0 Å². The molecule has 1 heterocycles. The van der Waals surface area contributed by atoms with Crippen LogP contribution in [0.4, 0.5) is 0 Å². The minimum atomic E-state index is -2.40. The van der Waals surface area contributed by atoms with Crippen molar-refractivity contribution < 1.29 is 7.53 Å². The maximum absolute atomic E-state index is 5.96. The van der Waals surface area contributed by atoms with Crippen LogP contribution in [0.25, 0.3) is 0 Å². The quantitative estimate of drug-likeness (QED) is 0.738. The maximum atomic E-state index is 5.96. The molecule has 0 aliphatic carbocycles. The van der Waals surface area contributed by atoms with Gasteiger partial charge in [-0.1, -0.05) is 0 Å². The van der Waals surface area contributed by atoms with E-state index in [2.05, 4.69) is 13.8 Å². The van der Waals surface area contributed by atoms with E-state index in [0.29, 0.717) is 0 Å². The van der Waals surface area contributed by atoms with Crippen LogP contribution in [-0.4, -0.2) is 13.9 Å². The van der Waals surface area contributed by atoms with E-state index < -0.39 is 13.9 Å². The van der Waals surface area contributed by atoms with Gasteiger partial charge >= 0.3 is 81.6 Å². The molecule has 1 aromatic rings. The fourth-order valence-corrected chi connectivity index (χ4v) is 6.32. The summed E-state index contributed by atoms with van der Waals surface area (Å²) in [5.74, 6) is 1.90. The third kappa shape index (κ3) is 1.43. The Balaban J connectivity index is 2.30. The van der Waals surface area contributed by atoms with Crippen molar-refractivity contribution in [3.63, 3.8) is 0 Å². The number of fused-ring (bicyclic) bond motifs is 1. The van der Waals surface area contributed by atoms with Crippen LogP contribution in [0.3, 0.4) is 0 Å². The van der Waals surface area contributed by atoms with Crippen molar-refractivity contribution in [3.8, 4) is 11.5 Å². The second kappa shape index (κ2) is 3.25. The number of hydrogen-bond donors (Lipinski definition) is 0. The Bertz CT molecular complexity index is 281. The Kier molecular flexibility index (Phi) is 2.24. The van der Waals surface area contributed by atoms with Gasteiger partial charge in [0.1, 0.15) is 0 Å². The SMILES string of the molecule is C[CH2][Ge]1([CH2]C)[O]c2ccccc2[O]1. The van der Waals surface area contributed by atoms with E-state index in [0.717, 1.165) is 22.0 Å². The summed E-state index contributed by atoms with van der Waals surface area (Å²) < 4.78 is 11.9. The summed E-state index contributed by atoms with van der Waals surface area (Å²) in [6, 6.07) is 7.97. The van der Waals surface area contributed by atoms with Crippen LogP contribution in [0, 0.1) is 0 Å². The van der Waals surface area contributed by atoms with Gasteiger partial charge in [0.25, 0.3) is 0 Å². The Morgan fingerprint density at radius 3 is 1.85 bits per heavy atom. The summed E-state index contributed by atoms with van der Waals surface area (Å²) in [7, 11) is 0. The predicted molar refractivity (Wildman–Crippen MR) is 54.4 cm³/mol. The van der Waals surface area contributed by atoms with Crippen LogP contribution < -0.4 is 7.53 Å². The second-order valence-electron chi connectivity index (χ2n) is 3.27. The molecule has 0 bridgehead atoms. The van der Waals surface area contributed by atoms with Crippen LogP contribution in [-0.2, 0) is 0 Å². The van der Waals surface area contributed by atoms with Crippen LogP contribution in [0.1, 0.15) is 13.8 Å². The summed E-state index contributed by atoms with van der Waals surface area (Å²) in [6.07, 6.45) is 0.